The number of allylic oxidation sites excluding steroid dienone is 1. The average molecular weight is 313 g/mol. The molecular formula is C18H35NO3. The quantitative estimate of drug-likeness (QED) is 0.340. The maximum absolute atomic E-state index is 11.7. The number of carbonyl (C=O) groups is 1. The molecule has 0 aromatic heterocycles. The van der Waals surface area contributed by atoms with Crippen LogP contribution in [-0.2, 0) is 4.79 Å². The van der Waals surface area contributed by atoms with Crippen LogP contribution in [-0.4, -0.2) is 34.9 Å². The van der Waals surface area contributed by atoms with Crippen LogP contribution in [0.3, 0.4) is 0 Å². The van der Waals surface area contributed by atoms with E-state index in [1.165, 1.54) is 25.7 Å². The number of unbranched alkanes of at least 4 members (excludes halogenated alkanes) is 7. The monoisotopic (exact) mass is 313 g/mol. The number of hydrogen-bond acceptors (Lipinski definition) is 3. The predicted molar refractivity (Wildman–Crippen MR) is 91.7 cm³/mol. The lowest BCUT2D eigenvalue weighted by Gasteiger charge is -2.19. The molecule has 0 unspecified atom stereocenters. The summed E-state index contributed by atoms with van der Waals surface area (Å²) in [5, 5.41) is 22.0. The van der Waals surface area contributed by atoms with Gasteiger partial charge < -0.3 is 15.5 Å². The third-order valence-corrected chi connectivity index (χ3v) is 3.77. The van der Waals surface area contributed by atoms with Crippen LogP contribution >= 0.6 is 0 Å². The smallest absolute Gasteiger partial charge is 0.220 e. The van der Waals surface area contributed by atoms with Gasteiger partial charge in [-0.15, -0.1) is 0 Å². The molecule has 0 fully saturated rings. The van der Waals surface area contributed by atoms with Crippen molar-refractivity contribution in [3.05, 3.63) is 12.2 Å². The lowest BCUT2D eigenvalue weighted by atomic mass is 10.1. The number of aliphatic hydroxyl groups is 2. The minimum Gasteiger partial charge on any atom is -0.394 e. The van der Waals surface area contributed by atoms with Crippen LogP contribution in [0.15, 0.2) is 12.2 Å². The molecule has 0 saturated heterocycles. The second kappa shape index (κ2) is 15.0. The highest BCUT2D eigenvalue weighted by Gasteiger charge is 2.17. The van der Waals surface area contributed by atoms with Crippen molar-refractivity contribution in [2.24, 2.45) is 0 Å². The topological polar surface area (TPSA) is 69.6 Å². The van der Waals surface area contributed by atoms with Gasteiger partial charge in [0.15, 0.2) is 0 Å². The van der Waals surface area contributed by atoms with E-state index in [0.29, 0.717) is 6.42 Å². The summed E-state index contributed by atoms with van der Waals surface area (Å²) in [6.45, 7) is 4.04. The van der Waals surface area contributed by atoms with Crippen molar-refractivity contribution >= 4 is 5.91 Å². The van der Waals surface area contributed by atoms with Crippen LogP contribution in [0.5, 0.6) is 0 Å². The van der Waals surface area contributed by atoms with Gasteiger partial charge in [-0.25, -0.2) is 0 Å². The van der Waals surface area contributed by atoms with Crippen molar-refractivity contribution in [1.82, 2.24) is 5.32 Å². The summed E-state index contributed by atoms with van der Waals surface area (Å²) >= 11 is 0. The van der Waals surface area contributed by atoms with Crippen LogP contribution in [0.1, 0.15) is 78.1 Å². The molecule has 0 aliphatic carbocycles. The molecule has 0 spiro atoms. The Hall–Kier alpha value is -0.870. The van der Waals surface area contributed by atoms with Crippen molar-refractivity contribution in [2.75, 3.05) is 6.61 Å². The highest BCUT2D eigenvalue weighted by molar-refractivity contribution is 5.76. The van der Waals surface area contributed by atoms with Crippen LogP contribution in [0.2, 0.25) is 0 Å². The lowest BCUT2D eigenvalue weighted by molar-refractivity contribution is -0.123. The molecule has 4 nitrogen and oxygen atoms in total. The largest absolute Gasteiger partial charge is 0.394 e. The predicted octanol–water partition coefficient (Wildman–Crippen LogP) is 3.32. The summed E-state index contributed by atoms with van der Waals surface area (Å²) in [5.41, 5.74) is 0. The molecule has 0 saturated carbocycles. The third-order valence-electron chi connectivity index (χ3n) is 3.77. The van der Waals surface area contributed by atoms with E-state index in [-0.39, 0.29) is 12.5 Å². The molecule has 0 rings (SSSR count). The van der Waals surface area contributed by atoms with E-state index < -0.39 is 12.1 Å². The van der Waals surface area contributed by atoms with Crippen molar-refractivity contribution < 1.29 is 15.0 Å². The van der Waals surface area contributed by atoms with Gasteiger partial charge in [0.1, 0.15) is 0 Å². The van der Waals surface area contributed by atoms with E-state index in [1.54, 1.807) is 6.08 Å². The first-order valence-electron chi connectivity index (χ1n) is 8.90. The van der Waals surface area contributed by atoms with Gasteiger partial charge in [-0.1, -0.05) is 64.5 Å². The van der Waals surface area contributed by atoms with Crippen LogP contribution in [0.25, 0.3) is 0 Å². The van der Waals surface area contributed by atoms with E-state index in [9.17, 15) is 15.0 Å². The number of nitrogens with one attached hydrogen (secondary N) is 1. The van der Waals surface area contributed by atoms with Crippen LogP contribution in [0.4, 0.5) is 0 Å². The summed E-state index contributed by atoms with van der Waals surface area (Å²) in [7, 11) is 0. The number of hydrogen-bond donors (Lipinski definition) is 3. The SMILES string of the molecule is CCCCCCC/C=C/[C@H](O)[C@H](CO)NC(=O)CCCCC. The molecule has 0 aliphatic rings. The molecule has 130 valence electrons. The van der Waals surface area contributed by atoms with Gasteiger partial charge in [0.2, 0.25) is 5.91 Å². The molecule has 0 aromatic rings. The minimum absolute atomic E-state index is 0.0977. The minimum atomic E-state index is -0.823. The molecule has 2 atom stereocenters. The molecule has 3 N–H and O–H groups in total. The molecule has 0 heterocycles. The van der Waals surface area contributed by atoms with Gasteiger partial charge >= 0.3 is 0 Å². The summed E-state index contributed by atoms with van der Waals surface area (Å²) in [6.07, 6.45) is 13.3. The summed E-state index contributed by atoms with van der Waals surface area (Å²) in [4.78, 5) is 11.7. The molecule has 0 aliphatic heterocycles. The maximum Gasteiger partial charge on any atom is 0.220 e. The van der Waals surface area contributed by atoms with E-state index >= 15 is 0 Å². The zero-order valence-corrected chi connectivity index (χ0v) is 14.4. The van der Waals surface area contributed by atoms with Crippen LogP contribution in [0, 0.1) is 0 Å². The Kier molecular flexibility index (Phi) is 14.4. The Bertz CT molecular complexity index is 292. The van der Waals surface area contributed by atoms with E-state index in [1.807, 2.05) is 6.08 Å². The fourth-order valence-electron chi connectivity index (χ4n) is 2.29. The van der Waals surface area contributed by atoms with Gasteiger partial charge in [-0.05, 0) is 19.3 Å². The standard InChI is InChI=1S/C18H35NO3/c1-3-5-7-8-9-10-12-13-17(21)16(15-20)19-18(22)14-11-6-4-2/h12-13,16-17,20-21H,3-11,14-15H2,1-2H3,(H,19,22)/b13-12+/t16-,17-/m0/s1. The van der Waals surface area contributed by atoms with Crippen molar-refractivity contribution in [2.45, 2.75) is 90.2 Å². The summed E-state index contributed by atoms with van der Waals surface area (Å²) in [6, 6.07) is -0.606. The number of amides is 1. The third kappa shape index (κ3) is 11.8. The highest BCUT2D eigenvalue weighted by Crippen LogP contribution is 2.06. The van der Waals surface area contributed by atoms with Gasteiger partial charge in [-0.3, -0.25) is 4.79 Å². The first-order valence-corrected chi connectivity index (χ1v) is 8.90. The van der Waals surface area contributed by atoms with Gasteiger partial charge in [-0.2, -0.15) is 0 Å². The average Bonchev–Trinajstić information content (AvgIpc) is 2.51. The Morgan fingerprint density at radius 2 is 1.68 bits per heavy atom. The maximum atomic E-state index is 11.7. The molecule has 4 heteroatoms. The summed E-state index contributed by atoms with van der Waals surface area (Å²) in [5.74, 6) is -0.0977. The summed E-state index contributed by atoms with van der Waals surface area (Å²) < 4.78 is 0. The fourth-order valence-corrected chi connectivity index (χ4v) is 2.29. The van der Waals surface area contributed by atoms with E-state index in [0.717, 1.165) is 32.1 Å². The van der Waals surface area contributed by atoms with E-state index in [4.69, 9.17) is 0 Å². The molecule has 0 bridgehead atoms. The zero-order valence-electron chi connectivity index (χ0n) is 14.4. The Labute approximate surface area is 136 Å². The van der Waals surface area contributed by atoms with Crippen molar-refractivity contribution in [1.29, 1.82) is 0 Å². The van der Waals surface area contributed by atoms with Gasteiger partial charge in [0, 0.05) is 6.42 Å². The molecule has 1 amide bonds. The second-order valence-electron chi connectivity index (χ2n) is 5.94. The highest BCUT2D eigenvalue weighted by atomic mass is 16.3. The Balaban J connectivity index is 3.92. The van der Waals surface area contributed by atoms with Crippen LogP contribution < -0.4 is 5.32 Å². The lowest BCUT2D eigenvalue weighted by Crippen LogP contribution is -2.45. The Morgan fingerprint density at radius 3 is 2.32 bits per heavy atom. The number of carbonyl (C=O) groups excluding carboxylic acids is 1. The molecule has 22 heavy (non-hydrogen) atoms. The first-order chi connectivity index (χ1) is 10.7. The normalized spacial score (nSPS) is 14.2. The molecule has 0 aromatic carbocycles. The Morgan fingerprint density at radius 1 is 1.05 bits per heavy atom. The number of aliphatic hydroxyl groups excluding tert-OH is 2. The van der Waals surface area contributed by atoms with E-state index in [2.05, 4.69) is 19.2 Å². The second-order valence-corrected chi connectivity index (χ2v) is 5.94. The fraction of sp³-hybridized carbons (Fsp3) is 0.833. The molecule has 0 radical (unpaired) electrons. The van der Waals surface area contributed by atoms with Crippen molar-refractivity contribution in [3.63, 3.8) is 0 Å². The van der Waals surface area contributed by atoms with Crippen molar-refractivity contribution in [3.8, 4) is 0 Å². The number of rotatable bonds is 14. The van der Waals surface area contributed by atoms with Gasteiger partial charge in [0.05, 0.1) is 18.8 Å². The van der Waals surface area contributed by atoms with Gasteiger partial charge in [0.25, 0.3) is 0 Å². The molecular weight excluding hydrogens is 278 g/mol. The zero-order chi connectivity index (χ0) is 16.6. The first kappa shape index (κ1) is 21.1.